The normalized spacial score (nSPS) is 11.6. The molecule has 0 spiro atoms. The fourth-order valence-corrected chi connectivity index (χ4v) is 4.69. The largest absolute Gasteiger partial charge is 0.264 e. The lowest BCUT2D eigenvalue weighted by Gasteiger charge is -2.13. The van der Waals surface area contributed by atoms with Gasteiger partial charge in [0.2, 0.25) is 0 Å². The van der Waals surface area contributed by atoms with E-state index in [2.05, 4.69) is 41.4 Å². The van der Waals surface area contributed by atoms with E-state index in [0.717, 1.165) is 32.5 Å². The van der Waals surface area contributed by atoms with Crippen LogP contribution in [0.1, 0.15) is 12.0 Å². The third-order valence-corrected chi connectivity index (χ3v) is 6.27. The first-order chi connectivity index (χ1) is 16.2. The zero-order chi connectivity index (χ0) is 22.4. The summed E-state index contributed by atoms with van der Waals surface area (Å²) >= 11 is 0. The summed E-state index contributed by atoms with van der Waals surface area (Å²) in [6, 6.07) is 33.7. The van der Waals surface area contributed by atoms with Crippen molar-refractivity contribution in [2.75, 3.05) is 0 Å². The van der Waals surface area contributed by atoms with Crippen LogP contribution in [-0.2, 0) is 0 Å². The molecule has 33 heavy (non-hydrogen) atoms. The van der Waals surface area contributed by atoms with Crippen LogP contribution in [0.3, 0.4) is 0 Å². The molecule has 3 heteroatoms. The second-order valence-corrected chi connectivity index (χ2v) is 8.21. The molecule has 0 aliphatic rings. The monoisotopic (exact) mass is 431 g/mol. The first kappa shape index (κ1) is 19.6. The van der Waals surface area contributed by atoms with Crippen LogP contribution in [-0.4, -0.2) is 4.98 Å². The second kappa shape index (κ2) is 7.79. The van der Waals surface area contributed by atoms with E-state index in [1.807, 2.05) is 48.5 Å². The van der Waals surface area contributed by atoms with Gasteiger partial charge in [-0.05, 0) is 62.3 Å². The van der Waals surface area contributed by atoms with Crippen LogP contribution >= 0.6 is 0 Å². The maximum Gasteiger partial charge on any atom is 0.264 e. The molecule has 0 atom stereocenters. The lowest BCUT2D eigenvalue weighted by atomic mass is 9.94. The van der Waals surface area contributed by atoms with Crippen LogP contribution in [0.5, 0.6) is 0 Å². The fraction of sp³-hybridized carbons (Fsp3) is 0.0333. The minimum absolute atomic E-state index is 0.0372. The van der Waals surface area contributed by atoms with Gasteiger partial charge in [-0.1, -0.05) is 78.9 Å². The highest BCUT2D eigenvalue weighted by molar-refractivity contribution is 6.12. The Morgan fingerprint density at radius 1 is 0.515 bits per heavy atom. The molecule has 0 fully saturated rings. The molecule has 1 nitrogen and oxygen atoms in total. The summed E-state index contributed by atoms with van der Waals surface area (Å²) in [5, 5.41) is 5.63. The number of nitrogens with zero attached hydrogens (tertiary/aromatic N) is 1. The van der Waals surface area contributed by atoms with Gasteiger partial charge >= 0.3 is 0 Å². The molecule has 5 aromatic carbocycles. The summed E-state index contributed by atoms with van der Waals surface area (Å²) in [5.41, 5.74) is 3.79. The summed E-state index contributed by atoms with van der Waals surface area (Å²) in [6.07, 6.45) is -0.790. The minimum Gasteiger partial charge on any atom is -0.256 e. The summed E-state index contributed by atoms with van der Waals surface area (Å²) < 4.78 is 27.7. The number of rotatable bonds is 3. The van der Waals surface area contributed by atoms with Crippen LogP contribution < -0.4 is 0 Å². The number of halogens is 2. The van der Waals surface area contributed by atoms with Crippen LogP contribution in [0.2, 0.25) is 0 Å². The van der Waals surface area contributed by atoms with Crippen molar-refractivity contribution in [2.45, 2.75) is 6.43 Å². The van der Waals surface area contributed by atoms with Gasteiger partial charge in [0.25, 0.3) is 6.43 Å². The topological polar surface area (TPSA) is 12.9 Å². The minimum atomic E-state index is -2.55. The number of aromatic nitrogens is 1. The first-order valence-corrected chi connectivity index (χ1v) is 10.9. The molecule has 0 bridgehead atoms. The van der Waals surface area contributed by atoms with Crippen molar-refractivity contribution in [1.29, 1.82) is 0 Å². The molecule has 158 valence electrons. The predicted octanol–water partition coefficient (Wildman–Crippen LogP) is 8.81. The summed E-state index contributed by atoms with van der Waals surface area (Å²) in [4.78, 5) is 4.61. The Morgan fingerprint density at radius 3 is 2.09 bits per heavy atom. The molecule has 0 saturated heterocycles. The van der Waals surface area contributed by atoms with Crippen LogP contribution in [0.15, 0.2) is 109 Å². The Bertz CT molecular complexity index is 1640. The average Bonchev–Trinajstić information content (AvgIpc) is 2.87. The Morgan fingerprint density at radius 2 is 1.24 bits per heavy atom. The molecule has 1 heterocycles. The molecule has 6 aromatic rings. The number of benzene rings is 5. The third kappa shape index (κ3) is 3.33. The maximum absolute atomic E-state index is 13.9. The zero-order valence-electron chi connectivity index (χ0n) is 17.7. The number of alkyl halides is 2. The standard InChI is InChI=1S/C30H19F2N/c31-30(32)28-18-23(17-21-8-4-5-9-24(21)28)29-27-13-11-22-16-20(19-6-2-1-3-7-19)10-12-25(22)26(27)14-15-33-29/h1-18,30H. The smallest absolute Gasteiger partial charge is 0.256 e. The number of hydrogen-bond donors (Lipinski definition) is 0. The van der Waals surface area contributed by atoms with Crippen molar-refractivity contribution in [3.05, 3.63) is 115 Å². The molecule has 0 aliphatic carbocycles. The second-order valence-electron chi connectivity index (χ2n) is 8.21. The third-order valence-electron chi connectivity index (χ3n) is 6.27. The highest BCUT2D eigenvalue weighted by Gasteiger charge is 2.16. The summed E-state index contributed by atoms with van der Waals surface area (Å²) in [5.74, 6) is 0. The maximum atomic E-state index is 13.9. The van der Waals surface area contributed by atoms with Gasteiger partial charge in [-0.15, -0.1) is 0 Å². The Balaban J connectivity index is 1.57. The molecule has 0 amide bonds. The van der Waals surface area contributed by atoms with Crippen molar-refractivity contribution in [1.82, 2.24) is 4.98 Å². The van der Waals surface area contributed by atoms with E-state index in [9.17, 15) is 8.78 Å². The Kier molecular flexibility index (Phi) is 4.62. The molecule has 1 aromatic heterocycles. The summed E-state index contributed by atoms with van der Waals surface area (Å²) in [7, 11) is 0. The van der Waals surface area contributed by atoms with E-state index in [-0.39, 0.29) is 5.56 Å². The van der Waals surface area contributed by atoms with E-state index in [1.54, 1.807) is 24.4 Å². The van der Waals surface area contributed by atoms with Gasteiger partial charge in [0.1, 0.15) is 0 Å². The number of pyridine rings is 1. The van der Waals surface area contributed by atoms with E-state index >= 15 is 0 Å². The fourth-order valence-electron chi connectivity index (χ4n) is 4.69. The van der Waals surface area contributed by atoms with Crippen molar-refractivity contribution >= 4 is 32.3 Å². The lowest BCUT2D eigenvalue weighted by molar-refractivity contribution is 0.153. The quantitative estimate of drug-likeness (QED) is 0.255. The Labute approximate surface area is 190 Å². The Hall–Kier alpha value is -4.11. The number of hydrogen-bond acceptors (Lipinski definition) is 1. The summed E-state index contributed by atoms with van der Waals surface area (Å²) in [6.45, 7) is 0. The van der Waals surface area contributed by atoms with Crippen molar-refractivity contribution in [2.24, 2.45) is 0 Å². The van der Waals surface area contributed by atoms with Gasteiger partial charge < -0.3 is 0 Å². The highest BCUT2D eigenvalue weighted by Crippen LogP contribution is 2.37. The molecule has 0 radical (unpaired) electrons. The van der Waals surface area contributed by atoms with Crippen LogP contribution in [0, 0.1) is 0 Å². The molecular formula is C30H19F2N. The first-order valence-electron chi connectivity index (χ1n) is 10.9. The molecule has 6 rings (SSSR count). The molecule has 0 saturated carbocycles. The lowest BCUT2D eigenvalue weighted by Crippen LogP contribution is -1.92. The SMILES string of the molecule is FC(F)c1cc(-c2nccc3c2ccc2cc(-c4ccccc4)ccc23)cc2ccccc12. The zero-order valence-corrected chi connectivity index (χ0v) is 17.7. The van der Waals surface area contributed by atoms with Crippen molar-refractivity contribution < 1.29 is 8.78 Å². The van der Waals surface area contributed by atoms with Gasteiger partial charge in [0.05, 0.1) is 5.69 Å². The van der Waals surface area contributed by atoms with Crippen molar-refractivity contribution in [3.63, 3.8) is 0 Å². The van der Waals surface area contributed by atoms with Crippen molar-refractivity contribution in [3.8, 4) is 22.4 Å². The van der Waals surface area contributed by atoms with E-state index in [1.165, 1.54) is 5.56 Å². The highest BCUT2D eigenvalue weighted by atomic mass is 19.3. The van der Waals surface area contributed by atoms with Crippen LogP contribution in [0.25, 0.3) is 54.7 Å². The number of fused-ring (bicyclic) bond motifs is 4. The molecular weight excluding hydrogens is 412 g/mol. The molecule has 0 N–H and O–H groups in total. The van der Waals surface area contributed by atoms with Gasteiger partial charge in [-0.2, -0.15) is 0 Å². The van der Waals surface area contributed by atoms with E-state index in [4.69, 9.17) is 0 Å². The van der Waals surface area contributed by atoms with Crippen LogP contribution in [0.4, 0.5) is 8.78 Å². The van der Waals surface area contributed by atoms with Gasteiger partial charge in [0.15, 0.2) is 0 Å². The average molecular weight is 431 g/mol. The van der Waals surface area contributed by atoms with Gasteiger partial charge in [-0.25, -0.2) is 8.78 Å². The molecule has 0 unspecified atom stereocenters. The molecule has 0 aliphatic heterocycles. The van der Waals surface area contributed by atoms with E-state index in [0.29, 0.717) is 16.6 Å². The predicted molar refractivity (Wildman–Crippen MR) is 133 cm³/mol. The van der Waals surface area contributed by atoms with E-state index < -0.39 is 6.43 Å². The van der Waals surface area contributed by atoms with Gasteiger partial charge in [-0.3, -0.25) is 4.98 Å². The van der Waals surface area contributed by atoms with Gasteiger partial charge in [0, 0.05) is 22.7 Å².